The largest absolute Gasteiger partial charge is 0.346 e. The van der Waals surface area contributed by atoms with Gasteiger partial charge in [0, 0.05) is 29.5 Å². The number of hydrogen-bond acceptors (Lipinski definition) is 4. The molecule has 1 amide bonds. The Kier molecular flexibility index (Phi) is 5.74. The Morgan fingerprint density at radius 3 is 2.63 bits per heavy atom. The van der Waals surface area contributed by atoms with Gasteiger partial charge >= 0.3 is 0 Å². The third-order valence-corrected chi connectivity index (χ3v) is 5.03. The van der Waals surface area contributed by atoms with Gasteiger partial charge in [0.15, 0.2) is 5.69 Å². The normalized spacial score (nSPS) is 10.8. The molecular formula is C21H14Cl2FN5O. The Bertz CT molecular complexity index is 1210. The Morgan fingerprint density at radius 1 is 1.07 bits per heavy atom. The smallest absolute Gasteiger partial charge is 0.274 e. The summed E-state index contributed by atoms with van der Waals surface area (Å²) in [5, 5.41) is 11.7. The lowest BCUT2D eigenvalue weighted by molar-refractivity contribution is 0.0946. The van der Waals surface area contributed by atoms with Crippen LogP contribution in [0.2, 0.25) is 10.0 Å². The van der Waals surface area contributed by atoms with E-state index in [0.717, 1.165) is 0 Å². The molecule has 0 unspecified atom stereocenters. The summed E-state index contributed by atoms with van der Waals surface area (Å²) in [6.07, 6.45) is 3.24. The lowest BCUT2D eigenvalue weighted by atomic mass is 10.1. The van der Waals surface area contributed by atoms with E-state index < -0.39 is 11.7 Å². The predicted molar refractivity (Wildman–Crippen MR) is 112 cm³/mol. The fourth-order valence-electron chi connectivity index (χ4n) is 2.91. The van der Waals surface area contributed by atoms with Crippen LogP contribution in [0.5, 0.6) is 0 Å². The van der Waals surface area contributed by atoms with Gasteiger partial charge in [-0.1, -0.05) is 46.6 Å². The summed E-state index contributed by atoms with van der Waals surface area (Å²) in [5.74, 6) is -0.913. The number of para-hydroxylation sites is 1. The van der Waals surface area contributed by atoms with Crippen molar-refractivity contribution in [3.63, 3.8) is 0 Å². The van der Waals surface area contributed by atoms with Crippen molar-refractivity contribution in [2.24, 2.45) is 0 Å². The average Bonchev–Trinajstić information content (AvgIpc) is 3.19. The second kappa shape index (κ2) is 8.61. The number of benzene rings is 2. The van der Waals surface area contributed by atoms with Crippen molar-refractivity contribution in [2.45, 2.75) is 6.54 Å². The molecule has 0 saturated heterocycles. The molecule has 6 nitrogen and oxygen atoms in total. The van der Waals surface area contributed by atoms with Crippen molar-refractivity contribution in [1.82, 2.24) is 25.3 Å². The van der Waals surface area contributed by atoms with Crippen LogP contribution in [0.25, 0.3) is 16.9 Å². The molecule has 9 heteroatoms. The molecule has 0 aliphatic heterocycles. The second-order valence-electron chi connectivity index (χ2n) is 6.31. The first kappa shape index (κ1) is 20.0. The first-order valence-corrected chi connectivity index (χ1v) is 9.63. The molecule has 4 rings (SSSR count). The molecule has 0 aliphatic rings. The maximum Gasteiger partial charge on any atom is 0.274 e. The Labute approximate surface area is 181 Å². The molecule has 2 aromatic heterocycles. The van der Waals surface area contributed by atoms with Crippen LogP contribution < -0.4 is 5.32 Å². The van der Waals surface area contributed by atoms with Crippen molar-refractivity contribution in [3.05, 3.63) is 94.1 Å². The number of aromatic nitrogens is 4. The van der Waals surface area contributed by atoms with E-state index in [9.17, 15) is 9.18 Å². The summed E-state index contributed by atoms with van der Waals surface area (Å²) < 4.78 is 14.7. The van der Waals surface area contributed by atoms with Gasteiger partial charge < -0.3 is 5.32 Å². The van der Waals surface area contributed by atoms with Crippen molar-refractivity contribution in [2.75, 3.05) is 0 Å². The van der Waals surface area contributed by atoms with E-state index in [0.29, 0.717) is 27.5 Å². The molecule has 0 aliphatic carbocycles. The van der Waals surface area contributed by atoms with Crippen LogP contribution in [-0.2, 0) is 6.54 Å². The summed E-state index contributed by atoms with van der Waals surface area (Å²) in [4.78, 5) is 17.0. The molecular weight excluding hydrogens is 428 g/mol. The molecule has 0 spiro atoms. The molecule has 150 valence electrons. The number of rotatable bonds is 5. The van der Waals surface area contributed by atoms with Crippen LogP contribution in [0.3, 0.4) is 0 Å². The Balaban J connectivity index is 1.71. The van der Waals surface area contributed by atoms with Crippen LogP contribution in [-0.4, -0.2) is 25.9 Å². The van der Waals surface area contributed by atoms with Gasteiger partial charge in [0.25, 0.3) is 5.91 Å². The number of nitrogens with one attached hydrogen (secondary N) is 1. The maximum atomic E-state index is 13.2. The number of amides is 1. The topological polar surface area (TPSA) is 72.7 Å². The van der Waals surface area contributed by atoms with Crippen molar-refractivity contribution < 1.29 is 9.18 Å². The number of hydrogen-bond donors (Lipinski definition) is 1. The highest BCUT2D eigenvalue weighted by atomic mass is 35.5. The third kappa shape index (κ3) is 4.03. The second-order valence-corrected chi connectivity index (χ2v) is 7.12. The number of carbonyl (C=O) groups is 1. The zero-order chi connectivity index (χ0) is 21.1. The highest BCUT2D eigenvalue weighted by molar-refractivity contribution is 6.32. The minimum atomic E-state index is -0.465. The van der Waals surface area contributed by atoms with Gasteiger partial charge in [-0.2, -0.15) is 0 Å². The van der Waals surface area contributed by atoms with E-state index >= 15 is 0 Å². The van der Waals surface area contributed by atoms with E-state index in [2.05, 4.69) is 20.6 Å². The highest BCUT2D eigenvalue weighted by Gasteiger charge is 2.23. The Morgan fingerprint density at radius 2 is 1.90 bits per heavy atom. The number of halogens is 3. The number of pyridine rings is 1. The summed E-state index contributed by atoms with van der Waals surface area (Å²) in [7, 11) is 0. The van der Waals surface area contributed by atoms with Gasteiger partial charge in [-0.15, -0.1) is 5.10 Å². The van der Waals surface area contributed by atoms with Crippen LogP contribution in [0, 0.1) is 5.82 Å². The Hall–Kier alpha value is -3.29. The molecule has 1 N–H and O–H groups in total. The zero-order valence-electron chi connectivity index (χ0n) is 15.4. The molecule has 2 heterocycles. The van der Waals surface area contributed by atoms with Crippen LogP contribution >= 0.6 is 23.2 Å². The summed E-state index contributed by atoms with van der Waals surface area (Å²) in [6, 6.07) is 14.6. The van der Waals surface area contributed by atoms with Crippen LogP contribution in [0.4, 0.5) is 4.39 Å². The first-order valence-electron chi connectivity index (χ1n) is 8.87. The van der Waals surface area contributed by atoms with Gasteiger partial charge in [-0.25, -0.2) is 9.07 Å². The molecule has 2 aromatic carbocycles. The molecule has 0 atom stereocenters. The minimum Gasteiger partial charge on any atom is -0.346 e. The maximum absolute atomic E-state index is 13.2. The summed E-state index contributed by atoms with van der Waals surface area (Å²) in [5.41, 5.74) is 2.34. The van der Waals surface area contributed by atoms with Gasteiger partial charge in [0.05, 0.1) is 10.7 Å². The van der Waals surface area contributed by atoms with Crippen molar-refractivity contribution in [3.8, 4) is 16.9 Å². The molecule has 0 radical (unpaired) electrons. The van der Waals surface area contributed by atoms with E-state index in [1.807, 2.05) is 6.07 Å². The fraction of sp³-hybridized carbons (Fsp3) is 0.0476. The molecule has 0 fully saturated rings. The van der Waals surface area contributed by atoms with E-state index in [-0.39, 0.29) is 17.3 Å². The van der Waals surface area contributed by atoms with E-state index in [1.54, 1.807) is 42.7 Å². The number of nitrogens with zero attached hydrogens (tertiary/aromatic N) is 4. The zero-order valence-corrected chi connectivity index (χ0v) is 16.9. The monoisotopic (exact) mass is 441 g/mol. The van der Waals surface area contributed by atoms with Gasteiger partial charge in [0.2, 0.25) is 0 Å². The van der Waals surface area contributed by atoms with Gasteiger partial charge in [0.1, 0.15) is 11.5 Å². The highest BCUT2D eigenvalue weighted by Crippen LogP contribution is 2.28. The summed E-state index contributed by atoms with van der Waals surface area (Å²) in [6.45, 7) is 0.101. The van der Waals surface area contributed by atoms with E-state index in [4.69, 9.17) is 23.2 Å². The molecule has 4 aromatic rings. The minimum absolute atomic E-state index is 0.0983. The third-order valence-electron chi connectivity index (χ3n) is 4.36. The average molecular weight is 442 g/mol. The summed E-state index contributed by atoms with van der Waals surface area (Å²) >= 11 is 12.4. The quantitative estimate of drug-likeness (QED) is 0.486. The van der Waals surface area contributed by atoms with E-state index in [1.165, 1.54) is 22.9 Å². The first-order chi connectivity index (χ1) is 14.5. The molecule has 30 heavy (non-hydrogen) atoms. The van der Waals surface area contributed by atoms with Crippen molar-refractivity contribution in [1.29, 1.82) is 0 Å². The fourth-order valence-corrected chi connectivity index (χ4v) is 3.36. The predicted octanol–water partition coefficient (Wildman–Crippen LogP) is 4.71. The van der Waals surface area contributed by atoms with Crippen LogP contribution in [0.1, 0.15) is 16.1 Å². The SMILES string of the molecule is O=C(NCc1ccc(F)cc1Cl)c1nnn(-c2ccccc2Cl)c1-c1cccnc1. The molecule has 0 bridgehead atoms. The number of carbonyl (C=O) groups excluding carboxylic acids is 1. The van der Waals surface area contributed by atoms with Gasteiger partial charge in [-0.05, 0) is 42.0 Å². The lowest BCUT2D eigenvalue weighted by Crippen LogP contribution is -2.24. The molecule has 0 saturated carbocycles. The van der Waals surface area contributed by atoms with Crippen molar-refractivity contribution >= 4 is 29.1 Å². The van der Waals surface area contributed by atoms with Gasteiger partial charge in [-0.3, -0.25) is 9.78 Å². The lowest BCUT2D eigenvalue weighted by Gasteiger charge is -2.10. The van der Waals surface area contributed by atoms with Crippen LogP contribution in [0.15, 0.2) is 67.0 Å². The standard InChI is InChI=1S/C21H14Cl2FN5O/c22-16-5-1-2-6-18(16)29-20(14-4-3-9-25-11-14)19(27-28-29)21(30)26-12-13-7-8-15(24)10-17(13)23/h1-11H,12H2,(H,26,30).